The van der Waals surface area contributed by atoms with Crippen molar-refractivity contribution in [3.63, 3.8) is 0 Å². The van der Waals surface area contributed by atoms with Crippen molar-refractivity contribution in [1.82, 2.24) is 10.2 Å². The summed E-state index contributed by atoms with van der Waals surface area (Å²) in [4.78, 5) is 2.48. The lowest BCUT2D eigenvalue weighted by Crippen LogP contribution is -2.48. The Morgan fingerprint density at radius 3 is 2.19 bits per heavy atom. The van der Waals surface area contributed by atoms with Gasteiger partial charge in [-0.2, -0.15) is 0 Å². The van der Waals surface area contributed by atoms with Gasteiger partial charge in [0, 0.05) is 24.7 Å². The average Bonchev–Trinajstić information content (AvgIpc) is 2.53. The van der Waals surface area contributed by atoms with E-state index in [-0.39, 0.29) is 0 Å². The Balaban J connectivity index is 1.88. The molecule has 2 rings (SSSR count). The minimum absolute atomic E-state index is 0.730. The number of likely N-dealkylation sites (N-methyl/N-ethyl adjacent to an activating group) is 1. The standard InChI is InChI=1S/C14H28N2/c1-10-6-5-7-11(2)14(10)15-13-8-12(3)16(4)9-13/h10-15H,5-9H2,1-4H3. The molecule has 1 saturated heterocycles. The molecule has 0 bridgehead atoms. The summed E-state index contributed by atoms with van der Waals surface area (Å²) >= 11 is 0. The van der Waals surface area contributed by atoms with E-state index >= 15 is 0 Å². The average molecular weight is 224 g/mol. The van der Waals surface area contributed by atoms with Crippen LogP contribution in [0.4, 0.5) is 0 Å². The topological polar surface area (TPSA) is 15.3 Å². The number of rotatable bonds is 2. The van der Waals surface area contributed by atoms with E-state index in [1.54, 1.807) is 0 Å². The highest BCUT2D eigenvalue weighted by atomic mass is 15.2. The number of nitrogens with zero attached hydrogens (tertiary/aromatic N) is 1. The van der Waals surface area contributed by atoms with Crippen molar-refractivity contribution in [3.05, 3.63) is 0 Å². The molecule has 0 aromatic carbocycles. The minimum atomic E-state index is 0.730. The third kappa shape index (κ3) is 2.60. The third-order valence-corrected chi connectivity index (χ3v) is 4.86. The van der Waals surface area contributed by atoms with E-state index < -0.39 is 0 Å². The minimum Gasteiger partial charge on any atom is -0.309 e. The number of likely N-dealkylation sites (tertiary alicyclic amines) is 1. The molecule has 0 amide bonds. The van der Waals surface area contributed by atoms with Crippen molar-refractivity contribution in [2.45, 2.75) is 64.6 Å². The van der Waals surface area contributed by atoms with Gasteiger partial charge in [0.25, 0.3) is 0 Å². The molecule has 4 unspecified atom stereocenters. The summed E-state index contributed by atoms with van der Waals surface area (Å²) in [5, 5.41) is 3.94. The van der Waals surface area contributed by atoms with Crippen LogP contribution in [0.25, 0.3) is 0 Å². The first-order valence-electron chi connectivity index (χ1n) is 7.04. The molecule has 2 aliphatic rings. The van der Waals surface area contributed by atoms with E-state index in [9.17, 15) is 0 Å². The lowest BCUT2D eigenvalue weighted by molar-refractivity contribution is 0.193. The Bertz CT molecular complexity index is 209. The summed E-state index contributed by atoms with van der Waals surface area (Å²) in [6.45, 7) is 8.43. The molecule has 0 aromatic heterocycles. The van der Waals surface area contributed by atoms with Crippen LogP contribution in [0.5, 0.6) is 0 Å². The molecule has 94 valence electrons. The highest BCUT2D eigenvalue weighted by Crippen LogP contribution is 2.30. The molecular weight excluding hydrogens is 196 g/mol. The summed E-state index contributed by atoms with van der Waals surface area (Å²) in [6.07, 6.45) is 5.59. The Morgan fingerprint density at radius 1 is 1.06 bits per heavy atom. The molecule has 2 fully saturated rings. The first-order valence-corrected chi connectivity index (χ1v) is 7.04. The molecule has 1 saturated carbocycles. The maximum absolute atomic E-state index is 3.94. The van der Waals surface area contributed by atoms with Gasteiger partial charge in [0.1, 0.15) is 0 Å². The van der Waals surface area contributed by atoms with Gasteiger partial charge < -0.3 is 10.2 Å². The van der Waals surface area contributed by atoms with Gasteiger partial charge in [0.05, 0.1) is 0 Å². The lowest BCUT2D eigenvalue weighted by atomic mass is 9.78. The molecule has 1 N–H and O–H groups in total. The van der Waals surface area contributed by atoms with Crippen LogP contribution in [0.2, 0.25) is 0 Å². The van der Waals surface area contributed by atoms with Gasteiger partial charge in [-0.15, -0.1) is 0 Å². The van der Waals surface area contributed by atoms with Crippen LogP contribution >= 0.6 is 0 Å². The van der Waals surface area contributed by atoms with Crippen LogP contribution in [0.1, 0.15) is 46.5 Å². The van der Waals surface area contributed by atoms with Crippen LogP contribution in [-0.4, -0.2) is 36.6 Å². The highest BCUT2D eigenvalue weighted by Gasteiger charge is 2.33. The van der Waals surface area contributed by atoms with Gasteiger partial charge in [-0.05, 0) is 45.1 Å². The zero-order valence-electron chi connectivity index (χ0n) is 11.4. The quantitative estimate of drug-likeness (QED) is 0.775. The molecular formula is C14H28N2. The van der Waals surface area contributed by atoms with E-state index in [2.05, 4.69) is 38.0 Å². The summed E-state index contributed by atoms with van der Waals surface area (Å²) < 4.78 is 0. The van der Waals surface area contributed by atoms with E-state index in [0.717, 1.165) is 30.0 Å². The lowest BCUT2D eigenvalue weighted by Gasteiger charge is -2.37. The van der Waals surface area contributed by atoms with Crippen molar-refractivity contribution < 1.29 is 0 Å². The summed E-state index contributed by atoms with van der Waals surface area (Å²) in [5.41, 5.74) is 0. The molecule has 16 heavy (non-hydrogen) atoms. The Morgan fingerprint density at radius 2 is 1.69 bits per heavy atom. The van der Waals surface area contributed by atoms with Gasteiger partial charge in [0.2, 0.25) is 0 Å². The molecule has 1 heterocycles. The fourth-order valence-corrected chi connectivity index (χ4v) is 3.60. The van der Waals surface area contributed by atoms with Crippen LogP contribution in [0, 0.1) is 11.8 Å². The number of hydrogen-bond acceptors (Lipinski definition) is 2. The number of nitrogens with one attached hydrogen (secondary N) is 1. The summed E-state index contributed by atoms with van der Waals surface area (Å²) in [6, 6.07) is 2.25. The van der Waals surface area contributed by atoms with E-state index in [0.29, 0.717) is 0 Å². The van der Waals surface area contributed by atoms with Gasteiger partial charge in [-0.1, -0.05) is 20.3 Å². The first kappa shape index (κ1) is 12.4. The van der Waals surface area contributed by atoms with Gasteiger partial charge in [0.15, 0.2) is 0 Å². The Hall–Kier alpha value is -0.0800. The monoisotopic (exact) mass is 224 g/mol. The molecule has 1 aliphatic carbocycles. The predicted molar refractivity (Wildman–Crippen MR) is 69.6 cm³/mol. The normalized spacial score (nSPS) is 46.1. The molecule has 2 heteroatoms. The van der Waals surface area contributed by atoms with Crippen LogP contribution < -0.4 is 5.32 Å². The second kappa shape index (κ2) is 5.05. The Labute approximate surface area is 101 Å². The highest BCUT2D eigenvalue weighted by molar-refractivity contribution is 4.91. The van der Waals surface area contributed by atoms with Crippen molar-refractivity contribution in [3.8, 4) is 0 Å². The van der Waals surface area contributed by atoms with E-state index in [1.807, 2.05) is 0 Å². The summed E-state index contributed by atoms with van der Waals surface area (Å²) in [7, 11) is 2.25. The SMILES string of the molecule is CC1CCCC(C)C1NC1CC(C)N(C)C1. The van der Waals surface area contributed by atoms with Crippen molar-refractivity contribution >= 4 is 0 Å². The molecule has 2 nitrogen and oxygen atoms in total. The Kier molecular flexibility index (Phi) is 3.91. The van der Waals surface area contributed by atoms with E-state index in [1.165, 1.54) is 32.2 Å². The number of hydrogen-bond donors (Lipinski definition) is 1. The van der Waals surface area contributed by atoms with Crippen molar-refractivity contribution in [1.29, 1.82) is 0 Å². The first-order chi connectivity index (χ1) is 7.58. The smallest absolute Gasteiger partial charge is 0.0212 e. The predicted octanol–water partition coefficient (Wildman–Crippen LogP) is 2.49. The van der Waals surface area contributed by atoms with E-state index in [4.69, 9.17) is 0 Å². The summed E-state index contributed by atoms with van der Waals surface area (Å²) in [5.74, 6) is 1.73. The van der Waals surface area contributed by atoms with Crippen molar-refractivity contribution in [2.75, 3.05) is 13.6 Å². The second-order valence-electron chi connectivity index (χ2n) is 6.30. The maximum atomic E-state index is 3.94. The largest absolute Gasteiger partial charge is 0.309 e. The zero-order chi connectivity index (χ0) is 11.7. The van der Waals surface area contributed by atoms with Crippen LogP contribution in [-0.2, 0) is 0 Å². The molecule has 0 aromatic rings. The maximum Gasteiger partial charge on any atom is 0.0212 e. The van der Waals surface area contributed by atoms with Crippen LogP contribution in [0.15, 0.2) is 0 Å². The van der Waals surface area contributed by atoms with Crippen LogP contribution in [0.3, 0.4) is 0 Å². The molecule has 4 atom stereocenters. The molecule has 0 radical (unpaired) electrons. The van der Waals surface area contributed by atoms with Crippen molar-refractivity contribution in [2.24, 2.45) is 11.8 Å². The van der Waals surface area contributed by atoms with Gasteiger partial charge >= 0.3 is 0 Å². The molecule has 1 aliphatic heterocycles. The van der Waals surface area contributed by atoms with Gasteiger partial charge in [-0.25, -0.2) is 0 Å². The second-order valence-corrected chi connectivity index (χ2v) is 6.30. The molecule has 0 spiro atoms. The fourth-order valence-electron chi connectivity index (χ4n) is 3.60. The fraction of sp³-hybridized carbons (Fsp3) is 1.00. The van der Waals surface area contributed by atoms with Gasteiger partial charge in [-0.3, -0.25) is 0 Å². The zero-order valence-corrected chi connectivity index (χ0v) is 11.4. The third-order valence-electron chi connectivity index (χ3n) is 4.86.